The smallest absolute Gasteiger partial charge is 0.404 e. The van der Waals surface area contributed by atoms with Crippen LogP contribution in [0.3, 0.4) is 0 Å². The summed E-state index contributed by atoms with van der Waals surface area (Å²) in [6.45, 7) is 3.99. The van der Waals surface area contributed by atoms with Gasteiger partial charge < -0.3 is 10.4 Å². The number of hydrogen-bond donors (Lipinski definition) is 2. The van der Waals surface area contributed by atoms with E-state index in [1.165, 1.54) is 0 Å². The predicted molar refractivity (Wildman–Crippen MR) is 44.6 cm³/mol. The molecule has 1 unspecified atom stereocenters. The first kappa shape index (κ1) is 9.49. The van der Waals surface area contributed by atoms with E-state index in [0.29, 0.717) is 5.54 Å². The van der Waals surface area contributed by atoms with Crippen LogP contribution in [0.1, 0.15) is 20.3 Å². The van der Waals surface area contributed by atoms with Gasteiger partial charge in [-0.25, -0.2) is 4.79 Å². The molecule has 0 spiro atoms. The molecule has 10 heavy (non-hydrogen) atoms. The molecule has 0 aliphatic carbocycles. The Labute approximate surface area is 64.2 Å². The normalized spacial score (nSPS) is 16.2. The lowest BCUT2D eigenvalue weighted by Crippen LogP contribution is -2.34. The van der Waals surface area contributed by atoms with E-state index in [9.17, 15) is 4.79 Å². The zero-order valence-electron chi connectivity index (χ0n) is 6.72. The summed E-state index contributed by atoms with van der Waals surface area (Å²) in [6.07, 6.45) is 0.148. The molecule has 3 nitrogen and oxygen atoms in total. The average molecular weight is 161 g/mol. The Morgan fingerprint density at radius 2 is 2.30 bits per heavy atom. The van der Waals surface area contributed by atoms with Gasteiger partial charge in [0.25, 0.3) is 0 Å². The van der Waals surface area contributed by atoms with Gasteiger partial charge in [-0.15, -0.1) is 0 Å². The highest BCUT2D eigenvalue weighted by Gasteiger charge is 2.10. The molecule has 0 aromatic rings. The maximum atomic E-state index is 10.1. The van der Waals surface area contributed by atoms with Crippen LogP contribution in [-0.2, 0) is 0 Å². The summed E-state index contributed by atoms with van der Waals surface area (Å²) in [7, 11) is 1.05. The molecule has 0 aromatic carbocycles. The Kier molecular flexibility index (Phi) is 4.10. The van der Waals surface area contributed by atoms with E-state index >= 15 is 0 Å². The molecule has 2 N–H and O–H groups in total. The minimum atomic E-state index is -0.915. The van der Waals surface area contributed by atoms with Gasteiger partial charge in [0.15, 0.2) is 0 Å². The number of amides is 1. The predicted octanol–water partition coefficient (Wildman–Crippen LogP) is 0.206. The maximum absolute atomic E-state index is 10.1. The largest absolute Gasteiger partial charge is 0.465 e. The zero-order chi connectivity index (χ0) is 8.15. The lowest BCUT2D eigenvalue weighted by Gasteiger charge is -2.17. The second kappa shape index (κ2) is 4.33. The summed E-state index contributed by atoms with van der Waals surface area (Å²) in [5, 5.41) is 10.8. The molecule has 0 heterocycles. The quantitative estimate of drug-likeness (QED) is 0.581. The second-order valence-corrected chi connectivity index (χ2v) is 4.11. The first-order chi connectivity index (χ1) is 4.57. The lowest BCUT2D eigenvalue weighted by molar-refractivity contribution is 0.190. The number of nitrogens with one attached hydrogen (secondary N) is 1. The molecule has 0 fully saturated rings. The molecule has 0 radical (unpaired) electrons. The Balaban J connectivity index is 3.61. The summed E-state index contributed by atoms with van der Waals surface area (Å²) in [4.78, 5) is 10.1. The highest BCUT2D eigenvalue weighted by atomic mass is 28.1. The second-order valence-electron chi connectivity index (χ2n) is 2.62. The molecule has 1 amide bonds. The molecule has 2 atom stereocenters. The van der Waals surface area contributed by atoms with E-state index in [-0.39, 0.29) is 6.04 Å². The van der Waals surface area contributed by atoms with Crippen molar-refractivity contribution in [3.63, 3.8) is 0 Å². The molecule has 60 valence electrons. The van der Waals surface area contributed by atoms with E-state index in [4.69, 9.17) is 5.11 Å². The number of hydrogen-bond acceptors (Lipinski definition) is 1. The average Bonchev–Trinajstić information content (AvgIpc) is 1.85. The Morgan fingerprint density at radius 1 is 1.80 bits per heavy atom. The van der Waals surface area contributed by atoms with Crippen molar-refractivity contribution in [3.05, 3.63) is 0 Å². The molecule has 0 saturated heterocycles. The van der Waals surface area contributed by atoms with Crippen LogP contribution < -0.4 is 5.32 Å². The molecule has 0 aromatic heterocycles. The molecule has 0 saturated carbocycles. The SMILES string of the molecule is CCC([SiH3])[C@H](C)NC(=O)O. The molecule has 0 bridgehead atoms. The van der Waals surface area contributed by atoms with Crippen molar-refractivity contribution in [2.24, 2.45) is 0 Å². The van der Waals surface area contributed by atoms with E-state index in [0.717, 1.165) is 16.7 Å². The van der Waals surface area contributed by atoms with Crippen LogP contribution in [0, 0.1) is 0 Å². The van der Waals surface area contributed by atoms with E-state index in [1.54, 1.807) is 0 Å². The summed E-state index contributed by atoms with van der Waals surface area (Å²) < 4.78 is 0. The van der Waals surface area contributed by atoms with Gasteiger partial charge in [-0.2, -0.15) is 0 Å². The van der Waals surface area contributed by atoms with Gasteiger partial charge in [-0.05, 0) is 12.5 Å². The Morgan fingerprint density at radius 3 is 2.60 bits per heavy atom. The first-order valence-corrected chi connectivity index (χ1v) is 4.72. The van der Waals surface area contributed by atoms with Crippen LogP contribution in [0.2, 0.25) is 5.54 Å². The van der Waals surface area contributed by atoms with Crippen LogP contribution >= 0.6 is 0 Å². The number of carbonyl (C=O) groups is 1. The van der Waals surface area contributed by atoms with Crippen molar-refractivity contribution in [3.8, 4) is 0 Å². The Bertz CT molecular complexity index is 118. The van der Waals surface area contributed by atoms with Gasteiger partial charge in [-0.3, -0.25) is 0 Å². The fourth-order valence-corrected chi connectivity index (χ4v) is 0.857. The summed E-state index contributed by atoms with van der Waals surface area (Å²) in [6, 6.07) is 0.120. The zero-order valence-corrected chi connectivity index (χ0v) is 8.72. The van der Waals surface area contributed by atoms with Crippen LogP contribution in [0.5, 0.6) is 0 Å². The fourth-order valence-electron chi connectivity index (χ4n) is 0.691. The van der Waals surface area contributed by atoms with Crippen molar-refractivity contribution in [1.29, 1.82) is 0 Å². The van der Waals surface area contributed by atoms with Crippen molar-refractivity contribution in [1.82, 2.24) is 5.32 Å². The minimum absolute atomic E-state index is 0.120. The van der Waals surface area contributed by atoms with Crippen molar-refractivity contribution >= 4 is 16.3 Å². The van der Waals surface area contributed by atoms with Crippen molar-refractivity contribution in [2.75, 3.05) is 0 Å². The minimum Gasteiger partial charge on any atom is -0.465 e. The van der Waals surface area contributed by atoms with Crippen molar-refractivity contribution in [2.45, 2.75) is 31.9 Å². The molecule has 0 aliphatic rings. The van der Waals surface area contributed by atoms with Crippen LogP contribution in [0.25, 0.3) is 0 Å². The van der Waals surface area contributed by atoms with E-state index < -0.39 is 6.09 Å². The van der Waals surface area contributed by atoms with Crippen molar-refractivity contribution < 1.29 is 9.90 Å². The molecule has 4 heteroatoms. The van der Waals surface area contributed by atoms with Gasteiger partial charge in [0.1, 0.15) is 0 Å². The van der Waals surface area contributed by atoms with Gasteiger partial charge in [0.2, 0.25) is 0 Å². The topological polar surface area (TPSA) is 49.3 Å². The van der Waals surface area contributed by atoms with Gasteiger partial charge in [-0.1, -0.05) is 13.3 Å². The third-order valence-corrected chi connectivity index (χ3v) is 3.67. The summed E-state index contributed by atoms with van der Waals surface area (Å²) >= 11 is 0. The van der Waals surface area contributed by atoms with Crippen LogP contribution in [-0.4, -0.2) is 27.5 Å². The lowest BCUT2D eigenvalue weighted by atomic mass is 10.2. The molecular weight excluding hydrogens is 146 g/mol. The van der Waals surface area contributed by atoms with Crippen LogP contribution in [0.15, 0.2) is 0 Å². The van der Waals surface area contributed by atoms with Crippen LogP contribution in [0.4, 0.5) is 4.79 Å². The monoisotopic (exact) mass is 161 g/mol. The highest BCUT2D eigenvalue weighted by Crippen LogP contribution is 2.09. The van der Waals surface area contributed by atoms with Gasteiger partial charge in [0.05, 0.1) is 0 Å². The van der Waals surface area contributed by atoms with Gasteiger partial charge in [0, 0.05) is 16.3 Å². The molecule has 0 aliphatic heterocycles. The summed E-state index contributed by atoms with van der Waals surface area (Å²) in [5.41, 5.74) is 0.552. The van der Waals surface area contributed by atoms with Gasteiger partial charge >= 0.3 is 6.09 Å². The Hall–Kier alpha value is -0.513. The maximum Gasteiger partial charge on any atom is 0.404 e. The third kappa shape index (κ3) is 3.50. The number of carboxylic acid groups (broad SMARTS) is 1. The first-order valence-electron chi connectivity index (χ1n) is 3.57. The van der Waals surface area contributed by atoms with E-state index in [1.807, 2.05) is 6.92 Å². The highest BCUT2D eigenvalue weighted by molar-refractivity contribution is 6.12. The third-order valence-electron chi connectivity index (χ3n) is 1.85. The van der Waals surface area contributed by atoms with E-state index in [2.05, 4.69) is 12.2 Å². The summed E-state index contributed by atoms with van der Waals surface area (Å²) in [5.74, 6) is 0. The number of rotatable bonds is 3. The fraction of sp³-hybridized carbons (Fsp3) is 0.833. The molecular formula is C6H15NO2Si. The standard InChI is InChI=1S/C6H15NO2Si/c1-3-5(10)4(2)7-6(8)9/h4-5,7H,3H2,1-2,10H3,(H,8,9)/t4-,5?/m0/s1. The molecule has 0 rings (SSSR count).